The highest BCUT2D eigenvalue weighted by Crippen LogP contribution is 2.27. The second-order valence-corrected chi connectivity index (χ2v) is 8.19. The first kappa shape index (κ1) is 17.8. The van der Waals surface area contributed by atoms with E-state index in [1.807, 2.05) is 0 Å². The number of aromatic amines is 2. The first-order chi connectivity index (χ1) is 11.9. The molecule has 1 fully saturated rings. The molecule has 8 nitrogen and oxygen atoms in total. The Kier molecular flexibility index (Phi) is 5.07. The summed E-state index contributed by atoms with van der Waals surface area (Å²) in [6, 6.07) is 3.73. The highest BCUT2D eigenvalue weighted by Gasteiger charge is 2.27. The average Bonchev–Trinajstić information content (AvgIpc) is 2.60. The maximum Gasteiger partial charge on any atom is 0.326 e. The van der Waals surface area contributed by atoms with Gasteiger partial charge in [-0.1, -0.05) is 19.3 Å². The van der Waals surface area contributed by atoms with Crippen molar-refractivity contribution in [2.24, 2.45) is 11.7 Å². The molecule has 0 bridgehead atoms. The van der Waals surface area contributed by atoms with Gasteiger partial charge >= 0.3 is 5.69 Å². The SMILES string of the molecule is NCC(NS(=O)(=O)c1ccc2[nH]c(=O)[nH]c(=O)c2c1)C1CCCCC1. The van der Waals surface area contributed by atoms with Crippen molar-refractivity contribution < 1.29 is 8.42 Å². The molecular formula is C16H22N4O4S. The topological polar surface area (TPSA) is 138 Å². The van der Waals surface area contributed by atoms with E-state index in [4.69, 9.17) is 5.73 Å². The monoisotopic (exact) mass is 366 g/mol. The second kappa shape index (κ2) is 7.11. The molecule has 136 valence electrons. The van der Waals surface area contributed by atoms with Crippen molar-refractivity contribution >= 4 is 20.9 Å². The van der Waals surface area contributed by atoms with Gasteiger partial charge in [0.15, 0.2) is 0 Å². The minimum Gasteiger partial charge on any atom is -0.329 e. The Hall–Kier alpha value is -1.97. The zero-order valence-electron chi connectivity index (χ0n) is 13.7. The summed E-state index contributed by atoms with van der Waals surface area (Å²) in [6.07, 6.45) is 5.27. The molecule has 1 atom stereocenters. The van der Waals surface area contributed by atoms with Crippen LogP contribution in [0.5, 0.6) is 0 Å². The third-order valence-corrected chi connectivity index (χ3v) is 6.29. The molecule has 9 heteroatoms. The van der Waals surface area contributed by atoms with E-state index >= 15 is 0 Å². The van der Waals surface area contributed by atoms with E-state index in [2.05, 4.69) is 14.7 Å². The number of sulfonamides is 1. The summed E-state index contributed by atoms with van der Waals surface area (Å²) in [7, 11) is -3.81. The lowest BCUT2D eigenvalue weighted by Gasteiger charge is -2.29. The van der Waals surface area contributed by atoms with E-state index in [1.54, 1.807) is 0 Å². The third kappa shape index (κ3) is 3.83. The van der Waals surface area contributed by atoms with Gasteiger partial charge in [0.1, 0.15) is 0 Å². The van der Waals surface area contributed by atoms with Gasteiger partial charge in [0.05, 0.1) is 15.8 Å². The molecule has 3 rings (SSSR count). The molecule has 0 radical (unpaired) electrons. The van der Waals surface area contributed by atoms with Crippen molar-refractivity contribution in [1.82, 2.24) is 14.7 Å². The molecule has 5 N–H and O–H groups in total. The van der Waals surface area contributed by atoms with Crippen molar-refractivity contribution in [2.75, 3.05) is 6.54 Å². The van der Waals surface area contributed by atoms with Gasteiger partial charge in [0.25, 0.3) is 5.56 Å². The zero-order chi connectivity index (χ0) is 18.0. The van der Waals surface area contributed by atoms with Gasteiger partial charge in [-0.05, 0) is 37.0 Å². The first-order valence-electron chi connectivity index (χ1n) is 8.39. The fraction of sp³-hybridized carbons (Fsp3) is 0.500. The van der Waals surface area contributed by atoms with Gasteiger partial charge in [0.2, 0.25) is 10.0 Å². The van der Waals surface area contributed by atoms with Gasteiger partial charge in [-0.25, -0.2) is 17.9 Å². The van der Waals surface area contributed by atoms with Gasteiger partial charge in [-0.15, -0.1) is 0 Å². The van der Waals surface area contributed by atoms with Crippen molar-refractivity contribution in [1.29, 1.82) is 0 Å². The van der Waals surface area contributed by atoms with E-state index in [0.717, 1.165) is 25.7 Å². The van der Waals surface area contributed by atoms with Crippen molar-refractivity contribution in [3.05, 3.63) is 39.0 Å². The second-order valence-electron chi connectivity index (χ2n) is 6.48. The maximum absolute atomic E-state index is 12.7. The minimum absolute atomic E-state index is 0.0215. The Bertz CT molecular complexity index is 974. The van der Waals surface area contributed by atoms with Crippen LogP contribution >= 0.6 is 0 Å². The molecule has 1 aliphatic carbocycles. The Morgan fingerprint density at radius 1 is 1.16 bits per heavy atom. The number of fused-ring (bicyclic) bond motifs is 1. The van der Waals surface area contributed by atoms with Crippen LogP contribution < -0.4 is 21.7 Å². The van der Waals surface area contributed by atoms with Crippen LogP contribution in [0.2, 0.25) is 0 Å². The number of nitrogens with two attached hydrogens (primary N) is 1. The lowest BCUT2D eigenvalue weighted by Crippen LogP contribution is -2.45. The zero-order valence-corrected chi connectivity index (χ0v) is 14.6. The summed E-state index contributed by atoms with van der Waals surface area (Å²) in [5.74, 6) is 0.230. The maximum atomic E-state index is 12.7. The molecule has 1 saturated carbocycles. The molecule has 1 heterocycles. The third-order valence-electron chi connectivity index (χ3n) is 4.80. The Labute approximate surface area is 144 Å². The Morgan fingerprint density at radius 3 is 2.56 bits per heavy atom. The highest BCUT2D eigenvalue weighted by atomic mass is 32.2. The van der Waals surface area contributed by atoms with Crippen LogP contribution in [0.15, 0.2) is 32.7 Å². The van der Waals surface area contributed by atoms with E-state index in [9.17, 15) is 18.0 Å². The number of benzene rings is 1. The smallest absolute Gasteiger partial charge is 0.326 e. The molecule has 0 saturated heterocycles. The van der Waals surface area contributed by atoms with Crippen molar-refractivity contribution in [2.45, 2.75) is 43.0 Å². The number of hydrogen-bond donors (Lipinski definition) is 4. The summed E-state index contributed by atoms with van der Waals surface area (Å²) < 4.78 is 28.1. The fourth-order valence-electron chi connectivity index (χ4n) is 3.45. The van der Waals surface area contributed by atoms with E-state index < -0.39 is 21.3 Å². The molecule has 1 aromatic carbocycles. The summed E-state index contributed by atoms with van der Waals surface area (Å²) in [6.45, 7) is 0.228. The molecule has 25 heavy (non-hydrogen) atoms. The Morgan fingerprint density at radius 2 is 1.88 bits per heavy atom. The normalized spacial score (nSPS) is 17.6. The molecule has 2 aromatic rings. The molecule has 0 aliphatic heterocycles. The average molecular weight is 366 g/mol. The molecular weight excluding hydrogens is 344 g/mol. The van der Waals surface area contributed by atoms with Crippen molar-refractivity contribution in [3.63, 3.8) is 0 Å². The predicted octanol–water partition coefficient (Wildman–Crippen LogP) is 0.402. The molecule has 1 unspecified atom stereocenters. The Balaban J connectivity index is 1.92. The summed E-state index contributed by atoms with van der Waals surface area (Å²) in [4.78, 5) is 27.7. The van der Waals surface area contributed by atoms with Gasteiger partial charge in [-0.2, -0.15) is 0 Å². The molecule has 1 aliphatic rings. The first-order valence-corrected chi connectivity index (χ1v) is 9.88. The van der Waals surface area contributed by atoms with Crippen LogP contribution in [-0.2, 0) is 10.0 Å². The number of aromatic nitrogens is 2. The highest BCUT2D eigenvalue weighted by molar-refractivity contribution is 7.89. The largest absolute Gasteiger partial charge is 0.329 e. The summed E-state index contributed by atoms with van der Waals surface area (Å²) in [5, 5.41) is 0.115. The fourth-order valence-corrected chi connectivity index (χ4v) is 4.80. The van der Waals surface area contributed by atoms with Crippen LogP contribution in [0.25, 0.3) is 10.9 Å². The van der Waals surface area contributed by atoms with Crippen LogP contribution in [0, 0.1) is 5.92 Å². The van der Waals surface area contributed by atoms with Crippen LogP contribution in [-0.4, -0.2) is 31.0 Å². The predicted molar refractivity (Wildman–Crippen MR) is 94.9 cm³/mol. The van der Waals surface area contributed by atoms with E-state index in [1.165, 1.54) is 24.6 Å². The number of nitrogens with one attached hydrogen (secondary N) is 3. The standard InChI is InChI=1S/C16H22N4O4S/c17-9-14(10-4-2-1-3-5-10)20-25(23,24)11-6-7-13-12(8-11)15(21)19-16(22)18-13/h6-8,10,14,20H,1-5,9,17H2,(H2,18,19,21,22). The molecule has 1 aromatic heterocycles. The lowest BCUT2D eigenvalue weighted by molar-refractivity contribution is 0.294. The lowest BCUT2D eigenvalue weighted by atomic mass is 9.84. The van der Waals surface area contributed by atoms with Crippen molar-refractivity contribution in [3.8, 4) is 0 Å². The van der Waals surface area contributed by atoms with E-state index in [-0.39, 0.29) is 34.3 Å². The van der Waals surface area contributed by atoms with Gasteiger partial charge < -0.3 is 10.7 Å². The minimum atomic E-state index is -3.81. The number of H-pyrrole nitrogens is 2. The molecule has 0 amide bonds. The van der Waals surface area contributed by atoms with Gasteiger partial charge in [-0.3, -0.25) is 9.78 Å². The van der Waals surface area contributed by atoms with E-state index in [0.29, 0.717) is 0 Å². The summed E-state index contributed by atoms with van der Waals surface area (Å²) in [5.41, 5.74) is 4.83. The number of rotatable bonds is 5. The number of hydrogen-bond acceptors (Lipinski definition) is 5. The quantitative estimate of drug-likeness (QED) is 0.607. The van der Waals surface area contributed by atoms with Crippen LogP contribution in [0.1, 0.15) is 32.1 Å². The van der Waals surface area contributed by atoms with Gasteiger partial charge in [0, 0.05) is 12.6 Å². The van der Waals surface area contributed by atoms with Crippen LogP contribution in [0.4, 0.5) is 0 Å². The van der Waals surface area contributed by atoms with Crippen LogP contribution in [0.3, 0.4) is 0 Å². The molecule has 0 spiro atoms. The summed E-state index contributed by atoms with van der Waals surface area (Å²) >= 11 is 0.